The molecule has 5 nitrogen and oxygen atoms in total. The average molecular weight is 392 g/mol. The summed E-state index contributed by atoms with van der Waals surface area (Å²) in [5.74, 6) is 1.66. The smallest absolute Gasteiger partial charge is 0.255 e. The molecule has 0 unspecified atom stereocenters. The van der Waals surface area contributed by atoms with Crippen molar-refractivity contribution in [2.45, 2.75) is 46.6 Å². The lowest BCUT2D eigenvalue weighted by Crippen LogP contribution is -2.26. The molecule has 0 fully saturated rings. The molecule has 0 saturated heterocycles. The largest absolute Gasteiger partial charge is 0.488 e. The first-order chi connectivity index (χ1) is 14.0. The summed E-state index contributed by atoms with van der Waals surface area (Å²) in [5, 5.41) is 6.93. The first-order valence-corrected chi connectivity index (χ1v) is 9.96. The van der Waals surface area contributed by atoms with Crippen LogP contribution in [0.5, 0.6) is 5.75 Å². The third kappa shape index (κ3) is 5.25. The Balaban J connectivity index is 1.58. The van der Waals surface area contributed by atoms with Crippen LogP contribution in [0.15, 0.2) is 53.1 Å². The number of carbonyl (C=O) groups excluding carboxylic acids is 1. The highest BCUT2D eigenvalue weighted by atomic mass is 16.5. The van der Waals surface area contributed by atoms with Crippen LogP contribution in [0.4, 0.5) is 0 Å². The number of aromatic nitrogens is 1. The summed E-state index contributed by atoms with van der Waals surface area (Å²) < 4.78 is 11.1. The molecule has 0 spiro atoms. The van der Waals surface area contributed by atoms with Crippen molar-refractivity contribution in [2.75, 3.05) is 6.54 Å². The molecule has 3 aromatic rings. The summed E-state index contributed by atoms with van der Waals surface area (Å²) in [5.41, 5.74) is 4.76. The minimum Gasteiger partial charge on any atom is -0.488 e. The van der Waals surface area contributed by atoms with E-state index in [0.29, 0.717) is 30.4 Å². The third-order valence-electron chi connectivity index (χ3n) is 5.03. The first-order valence-electron chi connectivity index (χ1n) is 9.96. The van der Waals surface area contributed by atoms with Gasteiger partial charge in [0, 0.05) is 6.54 Å². The number of hydrogen-bond acceptors (Lipinski definition) is 4. The molecule has 3 rings (SSSR count). The summed E-state index contributed by atoms with van der Waals surface area (Å²) in [4.78, 5) is 12.7. The van der Waals surface area contributed by atoms with Crippen LogP contribution in [0.25, 0.3) is 0 Å². The molecule has 0 aliphatic heterocycles. The molecule has 0 saturated carbocycles. The van der Waals surface area contributed by atoms with E-state index in [2.05, 4.69) is 48.6 Å². The molecule has 0 aliphatic carbocycles. The van der Waals surface area contributed by atoms with Crippen LogP contribution in [-0.2, 0) is 13.0 Å². The van der Waals surface area contributed by atoms with Crippen LogP contribution in [0, 0.1) is 13.8 Å². The van der Waals surface area contributed by atoms with Crippen molar-refractivity contribution < 1.29 is 14.1 Å². The van der Waals surface area contributed by atoms with Crippen molar-refractivity contribution in [2.24, 2.45) is 0 Å². The number of ether oxygens (including phenoxy) is 1. The topological polar surface area (TPSA) is 64.4 Å². The molecule has 0 aliphatic rings. The highest BCUT2D eigenvalue weighted by molar-refractivity contribution is 5.96. The molecule has 29 heavy (non-hydrogen) atoms. The molecule has 0 radical (unpaired) electrons. The minimum atomic E-state index is -0.141. The van der Waals surface area contributed by atoms with Gasteiger partial charge in [0.2, 0.25) is 0 Å². The van der Waals surface area contributed by atoms with Crippen LogP contribution < -0.4 is 10.1 Å². The summed E-state index contributed by atoms with van der Waals surface area (Å²) in [6, 6.07) is 15.8. The van der Waals surface area contributed by atoms with E-state index in [9.17, 15) is 4.79 Å². The van der Waals surface area contributed by atoms with Crippen molar-refractivity contribution >= 4 is 5.91 Å². The SMILES string of the molecule is Cc1noc(C)c1COc1ccccc1C(=O)NCCc1ccc(C(C)C)cc1. The fraction of sp³-hybridized carbons (Fsp3) is 0.333. The summed E-state index contributed by atoms with van der Waals surface area (Å²) in [7, 11) is 0. The van der Waals surface area contributed by atoms with Gasteiger partial charge in [-0.05, 0) is 49.4 Å². The Kier molecular flexibility index (Phi) is 6.70. The van der Waals surface area contributed by atoms with Gasteiger partial charge in [0.1, 0.15) is 18.1 Å². The molecule has 2 aromatic carbocycles. The van der Waals surface area contributed by atoms with E-state index in [4.69, 9.17) is 9.26 Å². The number of amides is 1. The number of aryl methyl sites for hydroxylation is 2. The van der Waals surface area contributed by atoms with Gasteiger partial charge in [-0.3, -0.25) is 4.79 Å². The molecule has 0 bridgehead atoms. The fourth-order valence-corrected chi connectivity index (χ4v) is 3.12. The number of carbonyl (C=O) groups is 1. The first kappa shape index (κ1) is 20.6. The lowest BCUT2D eigenvalue weighted by atomic mass is 10.0. The van der Waals surface area contributed by atoms with Crippen LogP contribution in [0.1, 0.15) is 58.3 Å². The van der Waals surface area contributed by atoms with Gasteiger partial charge in [0.15, 0.2) is 0 Å². The summed E-state index contributed by atoms with van der Waals surface area (Å²) in [6.07, 6.45) is 0.784. The molecule has 1 amide bonds. The lowest BCUT2D eigenvalue weighted by Gasteiger charge is -2.12. The van der Waals surface area contributed by atoms with E-state index < -0.39 is 0 Å². The van der Waals surface area contributed by atoms with E-state index in [1.807, 2.05) is 26.0 Å². The maximum absolute atomic E-state index is 12.7. The summed E-state index contributed by atoms with van der Waals surface area (Å²) in [6.45, 7) is 8.97. The highest BCUT2D eigenvalue weighted by Crippen LogP contribution is 2.21. The standard InChI is InChI=1S/C24H28N2O3/c1-16(2)20-11-9-19(10-12-20)13-14-25-24(27)21-7-5-6-8-23(21)28-15-22-17(3)26-29-18(22)4/h5-12,16H,13-15H2,1-4H3,(H,25,27). The van der Waals surface area contributed by atoms with Crippen LogP contribution >= 0.6 is 0 Å². The molecule has 1 aromatic heterocycles. The molecular formula is C24H28N2O3. The normalized spacial score (nSPS) is 10.9. The second-order valence-electron chi connectivity index (χ2n) is 7.49. The van der Waals surface area contributed by atoms with Gasteiger partial charge in [0.05, 0.1) is 16.8 Å². The number of nitrogens with one attached hydrogen (secondary N) is 1. The van der Waals surface area contributed by atoms with Crippen molar-refractivity contribution in [3.8, 4) is 5.75 Å². The number of hydrogen-bond donors (Lipinski definition) is 1. The predicted octanol–water partition coefficient (Wildman–Crippen LogP) is 4.97. The maximum Gasteiger partial charge on any atom is 0.255 e. The Labute approximate surface area is 172 Å². The number of rotatable bonds is 8. The second kappa shape index (κ2) is 9.41. The lowest BCUT2D eigenvalue weighted by molar-refractivity contribution is 0.0949. The van der Waals surface area contributed by atoms with E-state index >= 15 is 0 Å². The van der Waals surface area contributed by atoms with Crippen molar-refractivity contribution in [1.29, 1.82) is 0 Å². The Morgan fingerprint density at radius 1 is 1.10 bits per heavy atom. The molecule has 1 heterocycles. The number of para-hydroxylation sites is 1. The van der Waals surface area contributed by atoms with Gasteiger partial charge in [-0.1, -0.05) is 55.4 Å². The van der Waals surface area contributed by atoms with E-state index in [-0.39, 0.29) is 5.91 Å². The van der Waals surface area contributed by atoms with Crippen LogP contribution in [0.3, 0.4) is 0 Å². The van der Waals surface area contributed by atoms with Gasteiger partial charge in [-0.2, -0.15) is 0 Å². The molecule has 152 valence electrons. The monoisotopic (exact) mass is 392 g/mol. The highest BCUT2D eigenvalue weighted by Gasteiger charge is 2.14. The molecular weight excluding hydrogens is 364 g/mol. The number of nitrogens with zero attached hydrogens (tertiary/aromatic N) is 1. The number of benzene rings is 2. The second-order valence-corrected chi connectivity index (χ2v) is 7.49. The van der Waals surface area contributed by atoms with Gasteiger partial charge in [0.25, 0.3) is 5.91 Å². The Morgan fingerprint density at radius 2 is 1.83 bits per heavy atom. The van der Waals surface area contributed by atoms with Gasteiger partial charge < -0.3 is 14.6 Å². The Hall–Kier alpha value is -3.08. The quantitative estimate of drug-likeness (QED) is 0.588. The van der Waals surface area contributed by atoms with Gasteiger partial charge >= 0.3 is 0 Å². The molecule has 1 N–H and O–H groups in total. The maximum atomic E-state index is 12.7. The zero-order chi connectivity index (χ0) is 20.8. The van der Waals surface area contributed by atoms with Crippen molar-refractivity contribution in [1.82, 2.24) is 10.5 Å². The van der Waals surface area contributed by atoms with E-state index in [1.165, 1.54) is 11.1 Å². The fourth-order valence-electron chi connectivity index (χ4n) is 3.12. The van der Waals surface area contributed by atoms with Gasteiger partial charge in [-0.15, -0.1) is 0 Å². The Bertz CT molecular complexity index is 939. The summed E-state index contributed by atoms with van der Waals surface area (Å²) >= 11 is 0. The third-order valence-corrected chi connectivity index (χ3v) is 5.03. The van der Waals surface area contributed by atoms with Crippen molar-refractivity contribution in [3.63, 3.8) is 0 Å². The minimum absolute atomic E-state index is 0.141. The van der Waals surface area contributed by atoms with E-state index in [1.54, 1.807) is 12.1 Å². The Morgan fingerprint density at radius 3 is 2.48 bits per heavy atom. The zero-order valence-corrected chi connectivity index (χ0v) is 17.5. The van der Waals surface area contributed by atoms with Crippen LogP contribution in [-0.4, -0.2) is 17.6 Å². The van der Waals surface area contributed by atoms with Gasteiger partial charge in [-0.25, -0.2) is 0 Å². The molecule has 5 heteroatoms. The van der Waals surface area contributed by atoms with E-state index in [0.717, 1.165) is 23.4 Å². The average Bonchev–Trinajstić information content (AvgIpc) is 3.04. The molecule has 0 atom stereocenters. The predicted molar refractivity (Wildman–Crippen MR) is 113 cm³/mol. The zero-order valence-electron chi connectivity index (χ0n) is 17.5. The van der Waals surface area contributed by atoms with Crippen LogP contribution in [0.2, 0.25) is 0 Å². The van der Waals surface area contributed by atoms with Crippen molar-refractivity contribution in [3.05, 3.63) is 82.2 Å².